The number of nitrogens with one attached hydrogen (secondary N) is 2. The number of amides is 2. The second-order valence-electron chi connectivity index (χ2n) is 9.80. The monoisotopic (exact) mass is 534 g/mol. The minimum absolute atomic E-state index is 0.00892. The van der Waals surface area contributed by atoms with Gasteiger partial charge in [0.05, 0.1) is 21.0 Å². The second kappa shape index (κ2) is 10.5. The number of benzene rings is 2. The average molecular weight is 535 g/mol. The van der Waals surface area contributed by atoms with Crippen LogP contribution in [0, 0.1) is 16.7 Å². The quantitative estimate of drug-likeness (QED) is 0.381. The van der Waals surface area contributed by atoms with Crippen LogP contribution in [0.15, 0.2) is 42.5 Å². The molecular formula is C26H28Cl2N2O6. The standard InChI is InChI=1S/C26H28Cl2N2O6/c1-25(2)16(11-12-26(25,3)24(35)36)21(31)30-19(23(33)34)13-14-7-9-15(10-8-14)29-22(32)20-17(27)5-4-6-18(20)28/h4-10,16,19H,11-13H2,1-3H3,(H,29,32)(H,30,31)(H,33,34)(H,35,36)/t16-,19?,26+/m0/s1. The van der Waals surface area contributed by atoms with Crippen molar-refractivity contribution in [3.8, 4) is 0 Å². The Balaban J connectivity index is 1.68. The summed E-state index contributed by atoms with van der Waals surface area (Å²) in [4.78, 5) is 49.3. The van der Waals surface area contributed by atoms with Crippen molar-refractivity contribution in [1.29, 1.82) is 0 Å². The van der Waals surface area contributed by atoms with Crippen molar-refractivity contribution in [2.75, 3.05) is 5.32 Å². The molecule has 3 rings (SSSR count). The summed E-state index contributed by atoms with van der Waals surface area (Å²) in [6, 6.07) is 10.1. The maximum absolute atomic E-state index is 13.0. The SMILES string of the molecule is CC1(C)[C@H](C(=O)NC(Cc2ccc(NC(=O)c3c(Cl)cccc3Cl)cc2)C(=O)O)CC[C@]1(C)C(=O)O. The number of carboxylic acid groups (broad SMARTS) is 2. The number of hydrogen-bond acceptors (Lipinski definition) is 4. The van der Waals surface area contributed by atoms with Gasteiger partial charge in [0.1, 0.15) is 6.04 Å². The molecule has 36 heavy (non-hydrogen) atoms. The number of carboxylic acids is 2. The van der Waals surface area contributed by atoms with Crippen molar-refractivity contribution in [1.82, 2.24) is 5.32 Å². The van der Waals surface area contributed by atoms with Crippen LogP contribution >= 0.6 is 23.2 Å². The van der Waals surface area contributed by atoms with Gasteiger partial charge in [0.2, 0.25) is 5.91 Å². The number of halogens is 2. The van der Waals surface area contributed by atoms with Gasteiger partial charge in [-0.3, -0.25) is 14.4 Å². The molecule has 2 amide bonds. The Morgan fingerprint density at radius 1 is 1.00 bits per heavy atom. The molecule has 0 aliphatic heterocycles. The van der Waals surface area contributed by atoms with Crippen LogP contribution in [0.25, 0.3) is 0 Å². The molecule has 1 aliphatic rings. The van der Waals surface area contributed by atoms with Crippen molar-refractivity contribution in [3.05, 3.63) is 63.6 Å². The summed E-state index contributed by atoms with van der Waals surface area (Å²) >= 11 is 12.2. The van der Waals surface area contributed by atoms with E-state index in [2.05, 4.69) is 10.6 Å². The predicted molar refractivity (Wildman–Crippen MR) is 136 cm³/mol. The Labute approximate surface area is 219 Å². The molecule has 4 N–H and O–H groups in total. The van der Waals surface area contributed by atoms with Crippen molar-refractivity contribution in [2.24, 2.45) is 16.7 Å². The van der Waals surface area contributed by atoms with E-state index in [-0.39, 0.29) is 22.0 Å². The topological polar surface area (TPSA) is 133 Å². The van der Waals surface area contributed by atoms with E-state index in [0.29, 0.717) is 24.1 Å². The van der Waals surface area contributed by atoms with Crippen LogP contribution in [0.5, 0.6) is 0 Å². The van der Waals surface area contributed by atoms with Gasteiger partial charge in [-0.15, -0.1) is 0 Å². The number of aliphatic carboxylic acids is 2. The van der Waals surface area contributed by atoms with Gasteiger partial charge in [0.25, 0.3) is 5.91 Å². The van der Waals surface area contributed by atoms with E-state index in [1.165, 1.54) is 0 Å². The first kappa shape index (κ1) is 27.5. The first-order valence-corrected chi connectivity index (χ1v) is 12.1. The van der Waals surface area contributed by atoms with Gasteiger partial charge < -0.3 is 20.8 Å². The molecule has 2 aromatic carbocycles. The minimum Gasteiger partial charge on any atom is -0.481 e. The van der Waals surface area contributed by atoms with Gasteiger partial charge in [-0.2, -0.15) is 0 Å². The zero-order valence-electron chi connectivity index (χ0n) is 20.1. The van der Waals surface area contributed by atoms with E-state index in [4.69, 9.17) is 23.2 Å². The van der Waals surface area contributed by atoms with Crippen LogP contribution in [-0.2, 0) is 20.8 Å². The predicted octanol–water partition coefficient (Wildman–Crippen LogP) is 4.88. The molecule has 10 heteroatoms. The first-order valence-electron chi connectivity index (χ1n) is 11.4. The highest BCUT2D eigenvalue weighted by Crippen LogP contribution is 2.56. The smallest absolute Gasteiger partial charge is 0.326 e. The normalized spacial score (nSPS) is 21.4. The molecule has 8 nitrogen and oxygen atoms in total. The third kappa shape index (κ3) is 5.34. The van der Waals surface area contributed by atoms with Gasteiger partial charge >= 0.3 is 11.9 Å². The Morgan fingerprint density at radius 2 is 1.58 bits per heavy atom. The van der Waals surface area contributed by atoms with E-state index < -0.39 is 46.5 Å². The molecule has 0 heterocycles. The van der Waals surface area contributed by atoms with Crippen LogP contribution < -0.4 is 10.6 Å². The van der Waals surface area contributed by atoms with E-state index in [0.717, 1.165) is 0 Å². The lowest BCUT2D eigenvalue weighted by Gasteiger charge is -2.38. The number of anilines is 1. The Morgan fingerprint density at radius 3 is 2.08 bits per heavy atom. The van der Waals surface area contributed by atoms with Crippen molar-refractivity contribution < 1.29 is 29.4 Å². The van der Waals surface area contributed by atoms with Crippen molar-refractivity contribution in [3.63, 3.8) is 0 Å². The summed E-state index contributed by atoms with van der Waals surface area (Å²) in [5.74, 6) is -3.76. The summed E-state index contributed by atoms with van der Waals surface area (Å²) in [5, 5.41) is 25.1. The fourth-order valence-corrected chi connectivity index (χ4v) is 5.25. The number of carbonyl (C=O) groups excluding carboxylic acids is 2. The van der Waals surface area contributed by atoms with E-state index in [9.17, 15) is 29.4 Å². The lowest BCUT2D eigenvalue weighted by Crippen LogP contribution is -2.49. The minimum atomic E-state index is -1.20. The summed E-state index contributed by atoms with van der Waals surface area (Å²) < 4.78 is 0. The maximum atomic E-state index is 13.0. The molecule has 1 saturated carbocycles. The number of rotatable bonds is 8. The van der Waals surface area contributed by atoms with E-state index in [1.54, 1.807) is 63.2 Å². The Bertz CT molecular complexity index is 1180. The third-order valence-corrected chi connectivity index (χ3v) is 8.10. The molecule has 2 aromatic rings. The van der Waals surface area contributed by atoms with Crippen LogP contribution in [0.1, 0.15) is 49.5 Å². The molecule has 192 valence electrons. The molecule has 3 atom stereocenters. The molecule has 0 radical (unpaired) electrons. The highest BCUT2D eigenvalue weighted by atomic mass is 35.5. The van der Waals surface area contributed by atoms with Gasteiger partial charge in [0, 0.05) is 18.0 Å². The number of carbonyl (C=O) groups is 4. The van der Waals surface area contributed by atoms with Gasteiger partial charge in [-0.05, 0) is 55.0 Å². The molecule has 1 aliphatic carbocycles. The van der Waals surface area contributed by atoms with E-state index in [1.807, 2.05) is 0 Å². The summed E-state index contributed by atoms with van der Waals surface area (Å²) in [6.45, 7) is 5.09. The van der Waals surface area contributed by atoms with Gasteiger partial charge in [-0.25, -0.2) is 4.79 Å². The summed E-state index contributed by atoms with van der Waals surface area (Å²) in [7, 11) is 0. The first-order chi connectivity index (χ1) is 16.8. The molecule has 1 unspecified atom stereocenters. The molecule has 0 aromatic heterocycles. The summed E-state index contributed by atoms with van der Waals surface area (Å²) in [6.07, 6.45) is 0.699. The second-order valence-corrected chi connectivity index (χ2v) is 10.6. The maximum Gasteiger partial charge on any atom is 0.326 e. The lowest BCUT2D eigenvalue weighted by atomic mass is 9.65. The van der Waals surface area contributed by atoms with Crippen LogP contribution in [0.2, 0.25) is 10.0 Å². The van der Waals surface area contributed by atoms with Crippen molar-refractivity contribution >= 4 is 52.6 Å². The molecule has 0 saturated heterocycles. The molecule has 0 bridgehead atoms. The van der Waals surface area contributed by atoms with Gasteiger partial charge in [-0.1, -0.05) is 55.2 Å². The largest absolute Gasteiger partial charge is 0.481 e. The number of hydrogen-bond donors (Lipinski definition) is 4. The Kier molecular flexibility index (Phi) is 8.00. The highest BCUT2D eigenvalue weighted by molar-refractivity contribution is 6.40. The third-order valence-electron chi connectivity index (χ3n) is 7.47. The van der Waals surface area contributed by atoms with Gasteiger partial charge in [0.15, 0.2) is 0 Å². The Hall–Kier alpha value is -3.10. The van der Waals surface area contributed by atoms with Crippen LogP contribution in [0.4, 0.5) is 5.69 Å². The zero-order valence-corrected chi connectivity index (χ0v) is 21.6. The fraction of sp³-hybridized carbons (Fsp3) is 0.385. The lowest BCUT2D eigenvalue weighted by molar-refractivity contribution is -0.155. The fourth-order valence-electron chi connectivity index (χ4n) is 4.68. The van der Waals surface area contributed by atoms with Crippen LogP contribution in [-0.4, -0.2) is 40.0 Å². The molecule has 1 fully saturated rings. The zero-order chi connectivity index (χ0) is 26.8. The summed E-state index contributed by atoms with van der Waals surface area (Å²) in [5.41, 5.74) is -0.709. The van der Waals surface area contributed by atoms with Crippen LogP contribution in [0.3, 0.4) is 0 Å². The highest BCUT2D eigenvalue weighted by Gasteiger charge is 2.58. The van der Waals surface area contributed by atoms with Crippen molar-refractivity contribution in [2.45, 2.75) is 46.1 Å². The van der Waals surface area contributed by atoms with E-state index >= 15 is 0 Å². The molecular weight excluding hydrogens is 507 g/mol. The molecule has 0 spiro atoms. The average Bonchev–Trinajstić information content (AvgIpc) is 3.04.